The zero-order chi connectivity index (χ0) is 21.7. The summed E-state index contributed by atoms with van der Waals surface area (Å²) < 4.78 is 14.0. The Hall–Kier alpha value is -4.46. The van der Waals surface area contributed by atoms with E-state index in [1.165, 1.54) is 12.1 Å². The SMILES string of the molecule is Cc1cc(F)cc(-c2cncc3[nH]c(-c4n[nH]c5ccc(-c6ccccn6)nc45)nc23)c1. The van der Waals surface area contributed by atoms with Crippen LogP contribution in [-0.4, -0.2) is 35.1 Å². The van der Waals surface area contributed by atoms with Gasteiger partial charge in [-0.15, -0.1) is 0 Å². The fourth-order valence-electron chi connectivity index (χ4n) is 3.87. The summed E-state index contributed by atoms with van der Waals surface area (Å²) in [6, 6.07) is 14.4. The van der Waals surface area contributed by atoms with Crippen molar-refractivity contribution in [3.05, 3.63) is 78.5 Å². The molecule has 6 aromatic rings. The number of pyridine rings is 3. The van der Waals surface area contributed by atoms with Crippen LogP contribution in [0.3, 0.4) is 0 Å². The van der Waals surface area contributed by atoms with Crippen molar-refractivity contribution in [2.45, 2.75) is 6.92 Å². The Morgan fingerprint density at radius 2 is 1.81 bits per heavy atom. The average Bonchev–Trinajstić information content (AvgIpc) is 3.42. The molecule has 0 aliphatic carbocycles. The molecule has 1 aromatic carbocycles. The Balaban J connectivity index is 1.52. The van der Waals surface area contributed by atoms with Crippen LogP contribution >= 0.6 is 0 Å². The number of fused-ring (bicyclic) bond motifs is 2. The highest BCUT2D eigenvalue weighted by atomic mass is 19.1. The fraction of sp³-hybridized carbons (Fsp3) is 0.0417. The number of nitrogens with one attached hydrogen (secondary N) is 2. The summed E-state index contributed by atoms with van der Waals surface area (Å²) in [4.78, 5) is 21.5. The predicted molar refractivity (Wildman–Crippen MR) is 120 cm³/mol. The molecule has 0 atom stereocenters. The molecule has 0 amide bonds. The highest BCUT2D eigenvalue weighted by molar-refractivity contribution is 5.95. The zero-order valence-corrected chi connectivity index (χ0v) is 17.0. The minimum atomic E-state index is -0.294. The molecule has 0 fully saturated rings. The average molecular weight is 421 g/mol. The zero-order valence-electron chi connectivity index (χ0n) is 17.0. The number of halogens is 1. The van der Waals surface area contributed by atoms with Gasteiger partial charge in [-0.05, 0) is 54.4 Å². The maximum absolute atomic E-state index is 14.0. The molecule has 0 unspecified atom stereocenters. The maximum atomic E-state index is 14.0. The number of hydrogen-bond acceptors (Lipinski definition) is 5. The molecule has 32 heavy (non-hydrogen) atoms. The predicted octanol–water partition coefficient (Wildman–Crippen LogP) is 5.07. The number of hydrogen-bond donors (Lipinski definition) is 2. The topological polar surface area (TPSA) is 96.0 Å². The lowest BCUT2D eigenvalue weighted by Crippen LogP contribution is -1.88. The summed E-state index contributed by atoms with van der Waals surface area (Å²) in [6.07, 6.45) is 5.13. The highest BCUT2D eigenvalue weighted by Crippen LogP contribution is 2.31. The van der Waals surface area contributed by atoms with Crippen molar-refractivity contribution >= 4 is 22.1 Å². The first-order valence-corrected chi connectivity index (χ1v) is 10.0. The Morgan fingerprint density at radius 3 is 2.66 bits per heavy atom. The molecular weight excluding hydrogens is 405 g/mol. The Morgan fingerprint density at radius 1 is 0.875 bits per heavy atom. The van der Waals surface area contributed by atoms with Gasteiger partial charge in [0.05, 0.1) is 34.1 Å². The van der Waals surface area contributed by atoms with Crippen molar-refractivity contribution in [2.75, 3.05) is 0 Å². The van der Waals surface area contributed by atoms with Gasteiger partial charge in [0.1, 0.15) is 11.3 Å². The molecule has 2 N–H and O–H groups in total. The molecule has 5 aromatic heterocycles. The van der Waals surface area contributed by atoms with Gasteiger partial charge >= 0.3 is 0 Å². The number of rotatable bonds is 3. The van der Waals surface area contributed by atoms with Crippen LogP contribution < -0.4 is 0 Å². The van der Waals surface area contributed by atoms with Gasteiger partial charge in [0.15, 0.2) is 11.5 Å². The van der Waals surface area contributed by atoms with Crippen LogP contribution in [0.5, 0.6) is 0 Å². The van der Waals surface area contributed by atoms with Gasteiger partial charge in [-0.2, -0.15) is 5.10 Å². The van der Waals surface area contributed by atoms with Gasteiger partial charge < -0.3 is 4.98 Å². The lowest BCUT2D eigenvalue weighted by molar-refractivity contribution is 0.627. The van der Waals surface area contributed by atoms with E-state index in [1.54, 1.807) is 18.6 Å². The summed E-state index contributed by atoms with van der Waals surface area (Å²) in [6.45, 7) is 1.86. The monoisotopic (exact) mass is 421 g/mol. The van der Waals surface area contributed by atoms with Gasteiger partial charge in [0, 0.05) is 18.0 Å². The van der Waals surface area contributed by atoms with Gasteiger partial charge in [0.2, 0.25) is 0 Å². The third-order valence-electron chi connectivity index (χ3n) is 5.31. The number of nitrogens with zero attached hydrogens (tertiary/aromatic N) is 5. The van der Waals surface area contributed by atoms with E-state index in [0.717, 1.165) is 39.1 Å². The first-order valence-electron chi connectivity index (χ1n) is 10.0. The van der Waals surface area contributed by atoms with Crippen LogP contribution in [-0.2, 0) is 0 Å². The summed E-state index contributed by atoms with van der Waals surface area (Å²) in [5.74, 6) is 0.261. The quantitative estimate of drug-likeness (QED) is 0.416. The van der Waals surface area contributed by atoms with Crippen molar-refractivity contribution < 1.29 is 4.39 Å². The standard InChI is InChI=1S/C24H16FN7/c1-13-8-14(10-15(25)9-13)16-11-26-12-20-21(16)30-24(29-20)23-22-19(31-32-23)6-5-18(28-22)17-4-2-3-7-27-17/h2-12H,1H3,(H,29,30)(H,31,32). The van der Waals surface area contributed by atoms with E-state index in [4.69, 9.17) is 9.97 Å². The van der Waals surface area contributed by atoms with E-state index in [9.17, 15) is 4.39 Å². The first kappa shape index (κ1) is 18.3. The van der Waals surface area contributed by atoms with E-state index in [1.807, 2.05) is 43.3 Å². The van der Waals surface area contributed by atoms with E-state index in [0.29, 0.717) is 22.6 Å². The van der Waals surface area contributed by atoms with E-state index < -0.39 is 0 Å². The largest absolute Gasteiger partial charge is 0.335 e. The minimum absolute atomic E-state index is 0.294. The Labute approximate surface area is 181 Å². The van der Waals surface area contributed by atoms with Crippen molar-refractivity contribution in [2.24, 2.45) is 0 Å². The lowest BCUT2D eigenvalue weighted by atomic mass is 10.0. The minimum Gasteiger partial charge on any atom is -0.335 e. The van der Waals surface area contributed by atoms with Crippen molar-refractivity contribution in [3.63, 3.8) is 0 Å². The van der Waals surface area contributed by atoms with Gasteiger partial charge in [-0.3, -0.25) is 15.1 Å². The molecule has 0 aliphatic rings. The summed E-state index contributed by atoms with van der Waals surface area (Å²) in [7, 11) is 0. The van der Waals surface area contributed by atoms with Crippen molar-refractivity contribution in [1.82, 2.24) is 35.1 Å². The third kappa shape index (κ3) is 3.01. The van der Waals surface area contributed by atoms with Crippen molar-refractivity contribution in [1.29, 1.82) is 0 Å². The van der Waals surface area contributed by atoms with Crippen molar-refractivity contribution in [3.8, 4) is 34.0 Å². The molecular formula is C24H16FN7. The highest BCUT2D eigenvalue weighted by Gasteiger charge is 2.17. The molecule has 6 rings (SSSR count). The number of imidazole rings is 1. The van der Waals surface area contributed by atoms with Crippen LogP contribution in [0.1, 0.15) is 5.56 Å². The van der Waals surface area contributed by atoms with Gasteiger partial charge in [-0.1, -0.05) is 12.1 Å². The number of aromatic amines is 2. The molecule has 0 radical (unpaired) electrons. The molecule has 0 saturated carbocycles. The molecule has 154 valence electrons. The van der Waals surface area contributed by atoms with E-state index in [-0.39, 0.29) is 5.82 Å². The first-order chi connectivity index (χ1) is 15.7. The molecule has 7 nitrogen and oxygen atoms in total. The van der Waals surface area contributed by atoms with Crippen LogP contribution in [0, 0.1) is 12.7 Å². The van der Waals surface area contributed by atoms with Gasteiger partial charge in [-0.25, -0.2) is 14.4 Å². The molecule has 0 aliphatic heterocycles. The smallest absolute Gasteiger partial charge is 0.161 e. The second-order valence-electron chi connectivity index (χ2n) is 7.57. The second kappa shape index (κ2) is 7.05. The third-order valence-corrected chi connectivity index (χ3v) is 5.31. The van der Waals surface area contributed by atoms with E-state index in [2.05, 4.69) is 25.1 Å². The van der Waals surface area contributed by atoms with Crippen LogP contribution in [0.2, 0.25) is 0 Å². The Kier molecular flexibility index (Phi) is 4.04. The second-order valence-corrected chi connectivity index (χ2v) is 7.57. The summed E-state index contributed by atoms with van der Waals surface area (Å²) in [5, 5.41) is 7.46. The van der Waals surface area contributed by atoms with Crippen LogP contribution in [0.4, 0.5) is 4.39 Å². The summed E-state index contributed by atoms with van der Waals surface area (Å²) in [5.41, 5.74) is 7.31. The number of aromatic nitrogens is 7. The fourth-order valence-corrected chi connectivity index (χ4v) is 3.87. The Bertz CT molecular complexity index is 1580. The van der Waals surface area contributed by atoms with Crippen LogP contribution in [0.25, 0.3) is 56.1 Å². The lowest BCUT2D eigenvalue weighted by Gasteiger charge is -2.04. The number of aryl methyl sites for hydroxylation is 1. The van der Waals surface area contributed by atoms with E-state index >= 15 is 0 Å². The summed E-state index contributed by atoms with van der Waals surface area (Å²) >= 11 is 0. The molecule has 5 heterocycles. The van der Waals surface area contributed by atoms with Gasteiger partial charge in [0.25, 0.3) is 0 Å². The molecule has 0 bridgehead atoms. The number of H-pyrrole nitrogens is 2. The molecule has 8 heteroatoms. The molecule has 0 spiro atoms. The number of benzene rings is 1. The maximum Gasteiger partial charge on any atom is 0.161 e. The van der Waals surface area contributed by atoms with Crippen LogP contribution in [0.15, 0.2) is 67.1 Å². The molecule has 0 saturated heterocycles. The normalized spacial score (nSPS) is 11.4.